The molecule has 0 aliphatic heterocycles. The number of anilines is 1. The van der Waals surface area contributed by atoms with Crippen LogP contribution in [0.1, 0.15) is 0 Å². The number of nitroso groups, excluding NO2 is 1. The second kappa shape index (κ2) is 6.78. The van der Waals surface area contributed by atoms with Crippen molar-refractivity contribution in [2.75, 3.05) is 31.6 Å². The highest BCUT2D eigenvalue weighted by Crippen LogP contribution is 2.03. The van der Waals surface area contributed by atoms with Gasteiger partial charge in [0.25, 0.3) is 0 Å². The van der Waals surface area contributed by atoms with Gasteiger partial charge in [-0.3, -0.25) is 5.01 Å². The van der Waals surface area contributed by atoms with Crippen LogP contribution in [0, 0.1) is 4.91 Å². The van der Waals surface area contributed by atoms with Crippen molar-refractivity contribution in [1.29, 1.82) is 0 Å². The van der Waals surface area contributed by atoms with E-state index in [1.807, 2.05) is 30.3 Å². The number of nitrogens with zero attached hydrogens (tertiary/aromatic N) is 2. The molecule has 0 unspecified atom stereocenters. The van der Waals surface area contributed by atoms with Crippen LogP contribution >= 0.6 is 0 Å². The Morgan fingerprint density at radius 1 is 1.27 bits per heavy atom. The monoisotopic (exact) mass is 209 g/mol. The molecule has 0 saturated heterocycles. The third-order valence-electron chi connectivity index (χ3n) is 1.95. The smallest absolute Gasteiger partial charge is 0.0624 e. The highest BCUT2D eigenvalue weighted by molar-refractivity contribution is 5.42. The molecule has 0 heterocycles. The maximum atomic E-state index is 10.3. The van der Waals surface area contributed by atoms with E-state index in [-0.39, 0.29) is 13.2 Å². The Morgan fingerprint density at radius 2 is 2.00 bits per heavy atom. The fourth-order valence-corrected chi connectivity index (χ4v) is 1.19. The van der Waals surface area contributed by atoms with Crippen molar-refractivity contribution >= 4 is 5.69 Å². The van der Waals surface area contributed by atoms with E-state index in [0.29, 0.717) is 13.1 Å². The third kappa shape index (κ3) is 4.42. The molecule has 0 fully saturated rings. The summed E-state index contributed by atoms with van der Waals surface area (Å²) < 4.78 is 0. The molecule has 0 amide bonds. The van der Waals surface area contributed by atoms with Gasteiger partial charge in [0.1, 0.15) is 0 Å². The van der Waals surface area contributed by atoms with Crippen LogP contribution in [-0.2, 0) is 0 Å². The average molecular weight is 209 g/mol. The maximum absolute atomic E-state index is 10.3. The van der Waals surface area contributed by atoms with Crippen LogP contribution in [-0.4, -0.2) is 36.4 Å². The SMILES string of the molecule is O=NN(CCO)CCNc1ccccc1. The van der Waals surface area contributed by atoms with E-state index in [0.717, 1.165) is 5.69 Å². The van der Waals surface area contributed by atoms with Crippen molar-refractivity contribution in [2.24, 2.45) is 5.29 Å². The van der Waals surface area contributed by atoms with E-state index in [2.05, 4.69) is 10.6 Å². The quantitative estimate of drug-likeness (QED) is 0.521. The first-order valence-electron chi connectivity index (χ1n) is 4.85. The first kappa shape index (κ1) is 11.5. The van der Waals surface area contributed by atoms with Crippen LogP contribution in [0.15, 0.2) is 35.6 Å². The normalized spacial score (nSPS) is 9.67. The predicted molar refractivity (Wildman–Crippen MR) is 59.4 cm³/mol. The molecule has 0 radical (unpaired) electrons. The minimum atomic E-state index is -0.0585. The summed E-state index contributed by atoms with van der Waals surface area (Å²) in [5, 5.41) is 15.8. The largest absolute Gasteiger partial charge is 0.394 e. The van der Waals surface area contributed by atoms with E-state index in [1.165, 1.54) is 5.01 Å². The fraction of sp³-hybridized carbons (Fsp3) is 0.400. The zero-order valence-corrected chi connectivity index (χ0v) is 8.47. The van der Waals surface area contributed by atoms with Gasteiger partial charge in [-0.25, -0.2) is 0 Å². The lowest BCUT2D eigenvalue weighted by Gasteiger charge is -2.14. The van der Waals surface area contributed by atoms with Crippen molar-refractivity contribution < 1.29 is 5.11 Å². The Balaban J connectivity index is 2.23. The van der Waals surface area contributed by atoms with Gasteiger partial charge in [0.2, 0.25) is 0 Å². The standard InChI is InChI=1S/C10H15N3O2/c14-9-8-13(12-15)7-6-11-10-4-2-1-3-5-10/h1-5,11,14H,6-9H2. The highest BCUT2D eigenvalue weighted by Gasteiger charge is 2.00. The first-order valence-corrected chi connectivity index (χ1v) is 4.85. The van der Waals surface area contributed by atoms with Gasteiger partial charge < -0.3 is 10.4 Å². The molecule has 0 aliphatic carbocycles. The zero-order chi connectivity index (χ0) is 10.9. The van der Waals surface area contributed by atoms with Crippen LogP contribution in [0.4, 0.5) is 5.69 Å². The summed E-state index contributed by atoms with van der Waals surface area (Å²) in [5.41, 5.74) is 1.01. The number of hydrogen-bond donors (Lipinski definition) is 2. The van der Waals surface area contributed by atoms with Crippen LogP contribution in [0.3, 0.4) is 0 Å². The van der Waals surface area contributed by atoms with E-state index < -0.39 is 0 Å². The highest BCUT2D eigenvalue weighted by atomic mass is 16.3. The molecule has 0 aliphatic rings. The molecular weight excluding hydrogens is 194 g/mol. The summed E-state index contributed by atoms with van der Waals surface area (Å²) in [4.78, 5) is 10.3. The second-order valence-corrected chi connectivity index (χ2v) is 3.05. The second-order valence-electron chi connectivity index (χ2n) is 3.05. The van der Waals surface area contributed by atoms with Crippen molar-refractivity contribution in [3.63, 3.8) is 0 Å². The Kier molecular flexibility index (Phi) is 5.18. The van der Waals surface area contributed by atoms with Gasteiger partial charge in [0, 0.05) is 12.2 Å². The van der Waals surface area contributed by atoms with Gasteiger partial charge in [-0.2, -0.15) is 0 Å². The Hall–Kier alpha value is -1.62. The molecule has 2 N–H and O–H groups in total. The molecule has 82 valence electrons. The van der Waals surface area contributed by atoms with Gasteiger partial charge in [0.05, 0.1) is 25.0 Å². The molecule has 5 nitrogen and oxygen atoms in total. The van der Waals surface area contributed by atoms with E-state index in [9.17, 15) is 4.91 Å². The molecular formula is C10H15N3O2. The minimum absolute atomic E-state index is 0.0585. The lowest BCUT2D eigenvalue weighted by atomic mass is 10.3. The lowest BCUT2D eigenvalue weighted by molar-refractivity contribution is 0.204. The molecule has 0 spiro atoms. The third-order valence-corrected chi connectivity index (χ3v) is 1.95. The molecule has 0 saturated carbocycles. The first-order chi connectivity index (χ1) is 7.36. The van der Waals surface area contributed by atoms with Gasteiger partial charge in [-0.15, -0.1) is 4.91 Å². The molecule has 5 heteroatoms. The Labute approximate surface area is 88.7 Å². The summed E-state index contributed by atoms with van der Waals surface area (Å²) in [6.45, 7) is 1.33. The van der Waals surface area contributed by atoms with Crippen LogP contribution < -0.4 is 5.32 Å². The lowest BCUT2D eigenvalue weighted by Crippen LogP contribution is -2.26. The number of nitrogens with one attached hydrogen (secondary N) is 1. The number of para-hydroxylation sites is 1. The van der Waals surface area contributed by atoms with Gasteiger partial charge >= 0.3 is 0 Å². The van der Waals surface area contributed by atoms with Crippen LogP contribution in [0.25, 0.3) is 0 Å². The molecule has 1 aromatic rings. The molecule has 1 rings (SSSR count). The van der Waals surface area contributed by atoms with Crippen LogP contribution in [0.2, 0.25) is 0 Å². The molecule has 0 atom stereocenters. The number of hydrogen-bond acceptors (Lipinski definition) is 4. The summed E-state index contributed by atoms with van der Waals surface area (Å²) in [6.07, 6.45) is 0. The topological polar surface area (TPSA) is 64.9 Å². The molecule has 15 heavy (non-hydrogen) atoms. The van der Waals surface area contributed by atoms with Crippen molar-refractivity contribution in [2.45, 2.75) is 0 Å². The molecule has 0 aromatic heterocycles. The predicted octanol–water partition coefficient (Wildman–Crippen LogP) is 1.07. The zero-order valence-electron chi connectivity index (χ0n) is 8.47. The van der Waals surface area contributed by atoms with E-state index in [4.69, 9.17) is 5.11 Å². The Morgan fingerprint density at radius 3 is 2.60 bits per heavy atom. The van der Waals surface area contributed by atoms with Crippen LogP contribution in [0.5, 0.6) is 0 Å². The van der Waals surface area contributed by atoms with Gasteiger partial charge in [0.15, 0.2) is 0 Å². The van der Waals surface area contributed by atoms with Gasteiger partial charge in [-0.05, 0) is 12.1 Å². The number of aliphatic hydroxyl groups excluding tert-OH is 1. The molecule has 0 bridgehead atoms. The van der Waals surface area contributed by atoms with E-state index >= 15 is 0 Å². The van der Waals surface area contributed by atoms with E-state index in [1.54, 1.807) is 0 Å². The summed E-state index contributed by atoms with van der Waals surface area (Å²) in [5.74, 6) is 0. The number of benzene rings is 1. The number of aliphatic hydroxyl groups is 1. The molecule has 1 aromatic carbocycles. The summed E-state index contributed by atoms with van der Waals surface area (Å²) in [6, 6.07) is 9.71. The van der Waals surface area contributed by atoms with Crippen molar-refractivity contribution in [3.05, 3.63) is 35.2 Å². The summed E-state index contributed by atoms with van der Waals surface area (Å²) >= 11 is 0. The van der Waals surface area contributed by atoms with Crippen molar-refractivity contribution in [1.82, 2.24) is 5.01 Å². The average Bonchev–Trinajstić information content (AvgIpc) is 2.29. The fourth-order valence-electron chi connectivity index (χ4n) is 1.19. The minimum Gasteiger partial charge on any atom is -0.394 e. The van der Waals surface area contributed by atoms with Gasteiger partial charge in [-0.1, -0.05) is 18.2 Å². The number of rotatable bonds is 7. The Bertz CT molecular complexity index is 279. The summed E-state index contributed by atoms with van der Waals surface area (Å²) in [7, 11) is 0. The van der Waals surface area contributed by atoms with Crippen molar-refractivity contribution in [3.8, 4) is 0 Å². The maximum Gasteiger partial charge on any atom is 0.0624 e.